The molecule has 0 aliphatic rings. The Bertz CT molecular complexity index is 825. The first kappa shape index (κ1) is 16.1. The molecular weight excluding hydrogens is 322 g/mol. The van der Waals surface area contributed by atoms with Gasteiger partial charge in [-0.05, 0) is 30.7 Å². The third-order valence-corrected chi connectivity index (χ3v) is 4.80. The molecule has 1 unspecified atom stereocenters. The van der Waals surface area contributed by atoms with E-state index in [4.69, 9.17) is 0 Å². The van der Waals surface area contributed by atoms with Crippen molar-refractivity contribution in [2.75, 3.05) is 0 Å². The van der Waals surface area contributed by atoms with E-state index in [2.05, 4.69) is 10.4 Å². The van der Waals surface area contributed by atoms with Crippen molar-refractivity contribution in [1.82, 2.24) is 15.1 Å². The zero-order chi connectivity index (χ0) is 16.9. The lowest BCUT2D eigenvalue weighted by Crippen LogP contribution is -2.31. The first-order chi connectivity index (χ1) is 11.6. The fraction of sp³-hybridized carbons (Fsp3) is 0.167. The first-order valence-corrected chi connectivity index (χ1v) is 8.39. The van der Waals surface area contributed by atoms with Crippen LogP contribution < -0.4 is 5.32 Å². The summed E-state index contributed by atoms with van der Waals surface area (Å²) in [5, 5.41) is 7.25. The van der Waals surface area contributed by atoms with Crippen LogP contribution in [0.25, 0.3) is 0 Å². The van der Waals surface area contributed by atoms with E-state index in [0.29, 0.717) is 16.3 Å². The highest BCUT2D eigenvalue weighted by Crippen LogP contribution is 2.20. The van der Waals surface area contributed by atoms with Crippen LogP contribution in [0.3, 0.4) is 0 Å². The summed E-state index contributed by atoms with van der Waals surface area (Å²) in [5.74, 6) is -0.219. The minimum absolute atomic E-state index is 0.0322. The number of benzene rings is 1. The number of carbonyl (C=O) groups is 2. The molecule has 5 nitrogen and oxygen atoms in total. The van der Waals surface area contributed by atoms with Crippen LogP contribution in [-0.4, -0.2) is 21.5 Å². The topological polar surface area (TPSA) is 64.0 Å². The normalized spacial score (nSPS) is 11.9. The Hall–Kier alpha value is -2.73. The van der Waals surface area contributed by atoms with Gasteiger partial charge in [0.05, 0.1) is 22.3 Å². The first-order valence-electron chi connectivity index (χ1n) is 7.57. The Morgan fingerprint density at radius 1 is 1.12 bits per heavy atom. The van der Waals surface area contributed by atoms with Crippen LogP contribution >= 0.6 is 11.3 Å². The molecule has 2 heterocycles. The molecule has 0 radical (unpaired) electrons. The maximum Gasteiger partial charge on any atom is 0.261 e. The van der Waals surface area contributed by atoms with Crippen molar-refractivity contribution in [2.45, 2.75) is 19.5 Å². The quantitative estimate of drug-likeness (QED) is 0.701. The molecule has 1 aromatic carbocycles. The van der Waals surface area contributed by atoms with Gasteiger partial charge in [0.1, 0.15) is 0 Å². The van der Waals surface area contributed by atoms with Crippen molar-refractivity contribution in [3.05, 3.63) is 76.2 Å². The standard InChI is InChI=1S/C18H17N3O2S/c1-13(22)16-8-9-17(24-16)18(23)20-15(12-21-11-5-10-19-21)14-6-3-2-4-7-14/h2-11,15H,12H2,1H3,(H,20,23). The van der Waals surface area contributed by atoms with Gasteiger partial charge in [-0.3, -0.25) is 14.3 Å². The molecular formula is C18H17N3O2S. The van der Waals surface area contributed by atoms with Gasteiger partial charge < -0.3 is 5.32 Å². The Morgan fingerprint density at radius 3 is 2.50 bits per heavy atom. The van der Waals surface area contributed by atoms with Crippen LogP contribution in [0.5, 0.6) is 0 Å². The number of hydrogen-bond donors (Lipinski definition) is 1. The number of carbonyl (C=O) groups excluding carboxylic acids is 2. The summed E-state index contributed by atoms with van der Waals surface area (Å²) >= 11 is 1.21. The Balaban J connectivity index is 1.80. The van der Waals surface area contributed by atoms with Crippen LogP contribution in [0, 0.1) is 0 Å². The number of aromatic nitrogens is 2. The zero-order valence-electron chi connectivity index (χ0n) is 13.2. The summed E-state index contributed by atoms with van der Waals surface area (Å²) < 4.78 is 1.79. The Labute approximate surface area is 143 Å². The molecule has 0 saturated carbocycles. The maximum absolute atomic E-state index is 12.6. The van der Waals surface area contributed by atoms with Crippen molar-refractivity contribution in [1.29, 1.82) is 0 Å². The van der Waals surface area contributed by atoms with Crippen molar-refractivity contribution in [3.8, 4) is 0 Å². The van der Waals surface area contributed by atoms with Gasteiger partial charge >= 0.3 is 0 Å². The zero-order valence-corrected chi connectivity index (χ0v) is 14.0. The SMILES string of the molecule is CC(=O)c1ccc(C(=O)NC(Cn2cccn2)c2ccccc2)s1. The van der Waals surface area contributed by atoms with Crippen LogP contribution in [0.2, 0.25) is 0 Å². The van der Waals surface area contributed by atoms with E-state index < -0.39 is 0 Å². The molecule has 24 heavy (non-hydrogen) atoms. The van der Waals surface area contributed by atoms with E-state index >= 15 is 0 Å². The van der Waals surface area contributed by atoms with Crippen LogP contribution in [0.4, 0.5) is 0 Å². The van der Waals surface area contributed by atoms with E-state index in [1.54, 1.807) is 23.0 Å². The largest absolute Gasteiger partial charge is 0.343 e. The minimum atomic E-state index is -0.207. The van der Waals surface area contributed by atoms with Gasteiger partial charge in [-0.15, -0.1) is 11.3 Å². The Morgan fingerprint density at radius 2 is 1.88 bits per heavy atom. The Kier molecular flexibility index (Phi) is 4.86. The molecule has 122 valence electrons. The maximum atomic E-state index is 12.6. The number of Topliss-reactive ketones (excluding diaryl/α,β-unsaturated/α-hetero) is 1. The number of ketones is 1. The second-order valence-corrected chi connectivity index (χ2v) is 6.47. The third kappa shape index (κ3) is 3.78. The van der Waals surface area contributed by atoms with Crippen LogP contribution in [0.15, 0.2) is 60.9 Å². The second-order valence-electron chi connectivity index (χ2n) is 5.38. The lowest BCUT2D eigenvalue weighted by molar-refractivity contribution is 0.0935. The third-order valence-electron chi connectivity index (χ3n) is 3.61. The summed E-state index contributed by atoms with van der Waals surface area (Å²) in [6, 6.07) is 14.8. The molecule has 1 N–H and O–H groups in total. The number of nitrogens with zero attached hydrogens (tertiary/aromatic N) is 2. The summed E-state index contributed by atoms with van der Waals surface area (Å²) in [6.07, 6.45) is 3.57. The second kappa shape index (κ2) is 7.23. The van der Waals surface area contributed by atoms with E-state index in [9.17, 15) is 9.59 Å². The highest BCUT2D eigenvalue weighted by atomic mass is 32.1. The molecule has 1 atom stereocenters. The molecule has 0 saturated heterocycles. The van der Waals surface area contributed by atoms with E-state index in [0.717, 1.165) is 5.56 Å². The molecule has 0 bridgehead atoms. The smallest absolute Gasteiger partial charge is 0.261 e. The molecule has 1 amide bonds. The fourth-order valence-corrected chi connectivity index (χ4v) is 3.20. The number of nitrogens with one attached hydrogen (secondary N) is 1. The van der Waals surface area contributed by atoms with E-state index in [-0.39, 0.29) is 17.7 Å². The average molecular weight is 339 g/mol. The van der Waals surface area contributed by atoms with Gasteiger partial charge in [0.2, 0.25) is 0 Å². The molecule has 3 rings (SSSR count). The number of thiophene rings is 1. The number of amides is 1. The molecule has 0 fully saturated rings. The lowest BCUT2D eigenvalue weighted by Gasteiger charge is -2.19. The van der Waals surface area contributed by atoms with Gasteiger partial charge in [0.25, 0.3) is 5.91 Å². The van der Waals surface area contributed by atoms with Gasteiger partial charge in [-0.1, -0.05) is 30.3 Å². The summed E-state index contributed by atoms with van der Waals surface area (Å²) in [7, 11) is 0. The lowest BCUT2D eigenvalue weighted by atomic mass is 10.1. The molecule has 0 spiro atoms. The van der Waals surface area contributed by atoms with Crippen molar-refractivity contribution < 1.29 is 9.59 Å². The summed E-state index contributed by atoms with van der Waals surface area (Å²) in [6.45, 7) is 2.03. The van der Waals surface area contributed by atoms with E-state index in [1.165, 1.54) is 18.3 Å². The molecule has 0 aliphatic heterocycles. The minimum Gasteiger partial charge on any atom is -0.343 e. The molecule has 6 heteroatoms. The van der Waals surface area contributed by atoms with E-state index in [1.807, 2.05) is 42.6 Å². The molecule has 3 aromatic rings. The number of hydrogen-bond acceptors (Lipinski definition) is 4. The van der Waals surface area contributed by atoms with Crippen molar-refractivity contribution >= 4 is 23.0 Å². The fourth-order valence-electron chi connectivity index (χ4n) is 2.39. The number of rotatable bonds is 6. The van der Waals surface area contributed by atoms with Gasteiger partial charge in [0.15, 0.2) is 5.78 Å². The van der Waals surface area contributed by atoms with Crippen LogP contribution in [0.1, 0.15) is 37.9 Å². The monoisotopic (exact) mass is 339 g/mol. The highest BCUT2D eigenvalue weighted by molar-refractivity contribution is 7.15. The molecule has 0 aliphatic carbocycles. The predicted octanol–water partition coefficient (Wildman–Crippen LogP) is 3.32. The summed E-state index contributed by atoms with van der Waals surface area (Å²) in [5.41, 5.74) is 1.00. The highest BCUT2D eigenvalue weighted by Gasteiger charge is 2.18. The molecule has 2 aromatic heterocycles. The van der Waals surface area contributed by atoms with Crippen LogP contribution in [-0.2, 0) is 6.54 Å². The van der Waals surface area contributed by atoms with Gasteiger partial charge in [0, 0.05) is 12.4 Å². The summed E-state index contributed by atoms with van der Waals surface area (Å²) in [4.78, 5) is 25.1. The van der Waals surface area contributed by atoms with Gasteiger partial charge in [-0.2, -0.15) is 5.10 Å². The van der Waals surface area contributed by atoms with Crippen molar-refractivity contribution in [2.24, 2.45) is 0 Å². The van der Waals surface area contributed by atoms with Gasteiger partial charge in [-0.25, -0.2) is 0 Å². The van der Waals surface area contributed by atoms with Crippen molar-refractivity contribution in [3.63, 3.8) is 0 Å². The predicted molar refractivity (Wildman–Crippen MR) is 93.2 cm³/mol. The average Bonchev–Trinajstić information content (AvgIpc) is 3.26.